The molecule has 0 saturated heterocycles. The first-order valence-corrected chi connectivity index (χ1v) is 5.73. The second-order valence-corrected chi connectivity index (χ2v) is 4.34. The molecule has 0 amide bonds. The molecule has 0 aromatic rings. The van der Waals surface area contributed by atoms with Gasteiger partial charge in [-0.25, -0.2) is 0 Å². The Morgan fingerprint density at radius 1 is 0.933 bits per heavy atom. The van der Waals surface area contributed by atoms with E-state index in [1.807, 2.05) is 0 Å². The van der Waals surface area contributed by atoms with E-state index < -0.39 is 25.4 Å². The molecule has 0 bridgehead atoms. The fourth-order valence-electron chi connectivity index (χ4n) is 0.158. The quantitative estimate of drug-likeness (QED) is 0.325. The smallest absolute Gasteiger partial charge is 0.862 e. The molecule has 0 aromatic heterocycles. The molecule has 4 N–H and O–H groups in total. The minimum atomic E-state index is -5.86. The summed E-state index contributed by atoms with van der Waals surface area (Å²) in [7, 11) is -13.7. The van der Waals surface area contributed by atoms with Crippen LogP contribution < -0.4 is 24.0 Å². The van der Waals surface area contributed by atoms with Crippen LogP contribution in [-0.2, 0) is 4.12 Å². The Bertz CT molecular complexity index is 116. The van der Waals surface area contributed by atoms with Crippen LogP contribution in [0.25, 0.3) is 0 Å². The van der Waals surface area contributed by atoms with Gasteiger partial charge in [0.2, 0.25) is 0 Å². The molecule has 15 heteroatoms. The summed E-state index contributed by atoms with van der Waals surface area (Å²) in [6, 6.07) is 0. The molecule has 15 heavy (non-hydrogen) atoms. The van der Waals surface area contributed by atoms with Crippen LogP contribution in [0.4, 0.5) is 0 Å². The molecule has 0 fully saturated rings. The van der Waals surface area contributed by atoms with Gasteiger partial charge in [-0.05, 0) is 0 Å². The van der Waals surface area contributed by atoms with Crippen LogP contribution in [0.15, 0.2) is 0 Å². The third kappa shape index (κ3) is 48.6. The summed E-state index contributed by atoms with van der Waals surface area (Å²) in [5.74, 6) is 0. The van der Waals surface area contributed by atoms with Crippen LogP contribution in [0.5, 0.6) is 0 Å². The average molecular weight is 395 g/mol. The molecule has 0 aromatic carbocycles. The number of rotatable bonds is 2. The van der Waals surface area contributed by atoms with Gasteiger partial charge in [-0.2, -0.15) is 0 Å². The molecule has 0 saturated carbocycles. The minimum absolute atomic E-state index is 0. The van der Waals surface area contributed by atoms with Crippen LogP contribution in [-0.4, -0.2) is 112 Å². The van der Waals surface area contributed by atoms with Gasteiger partial charge in [-0.3, -0.25) is 0 Å². The molecule has 0 unspecified atom stereocenters. The van der Waals surface area contributed by atoms with Gasteiger partial charge in [-0.15, -0.1) is 9.05 Å². The van der Waals surface area contributed by atoms with Crippen molar-refractivity contribution in [2.75, 3.05) is 0 Å². The predicted octanol–water partition coefficient (Wildman–Crippen LogP) is -10.1. The summed E-state index contributed by atoms with van der Waals surface area (Å²) >= 11 is 0. The fraction of sp³-hybridized carbons (Fsp3) is 0. The minimum Gasteiger partial charge on any atom is -0.862 e. The molecule has 0 spiro atoms. The van der Waals surface area contributed by atoms with Crippen molar-refractivity contribution in [3.63, 3.8) is 0 Å². The third-order valence-corrected chi connectivity index (χ3v) is 2.29. The van der Waals surface area contributed by atoms with Crippen molar-refractivity contribution in [1.29, 1.82) is 0 Å². The van der Waals surface area contributed by atoms with E-state index in [-0.39, 0.29) is 66.2 Å². The van der Waals surface area contributed by atoms with Gasteiger partial charge in [0, 0.05) is 0 Å². The van der Waals surface area contributed by atoms with E-state index in [0.29, 0.717) is 0 Å². The Morgan fingerprint density at radius 3 is 1.13 bits per heavy atom. The van der Waals surface area contributed by atoms with E-state index in [1.54, 1.807) is 0 Å². The standard InChI is InChI=1S/Al.BH3O3.Ba.HO7Si2/c;2-1(3)4;;1-8(2,3)7-9(4,5)6/h;2-4H;;1H/q+3;;+2;-5. The van der Waals surface area contributed by atoms with Gasteiger partial charge in [0.05, 0.1) is 0 Å². The van der Waals surface area contributed by atoms with Gasteiger partial charge in [0.15, 0.2) is 0 Å². The average Bonchev–Trinajstić information content (AvgIpc) is 1.47. The van der Waals surface area contributed by atoms with E-state index in [0.717, 1.165) is 0 Å². The Morgan fingerprint density at radius 2 is 1.13 bits per heavy atom. The molecule has 0 aliphatic carbocycles. The van der Waals surface area contributed by atoms with Gasteiger partial charge in [0.1, 0.15) is 9.05 Å². The zero-order valence-corrected chi connectivity index (χ0v) is 14.7. The Balaban J connectivity index is -0.0000000883. The van der Waals surface area contributed by atoms with Crippen LogP contribution in [0.1, 0.15) is 0 Å². The maximum Gasteiger partial charge on any atom is 3.00 e. The van der Waals surface area contributed by atoms with Gasteiger partial charge in [-0.1, -0.05) is 0 Å². The molecular formula is H4AlBBaO10Si2. The monoisotopic (exact) mass is 396 g/mol. The maximum atomic E-state index is 9.47. The van der Waals surface area contributed by atoms with Crippen molar-refractivity contribution >= 4 is 91.7 Å². The Hall–Kier alpha value is 2.20. The van der Waals surface area contributed by atoms with E-state index in [4.69, 9.17) is 19.9 Å². The van der Waals surface area contributed by atoms with Crippen molar-refractivity contribution in [2.45, 2.75) is 0 Å². The molecule has 0 heterocycles. The zero-order valence-electron chi connectivity index (χ0n) is 7.10. The first-order chi connectivity index (χ1) is 5.44. The third-order valence-electron chi connectivity index (χ3n) is 0.254. The predicted molar refractivity (Wildman–Crippen MR) is 38.7 cm³/mol. The Labute approximate surface area is 138 Å². The number of hydrogen-bond donors (Lipinski definition) is 4. The van der Waals surface area contributed by atoms with Crippen LogP contribution >= 0.6 is 0 Å². The van der Waals surface area contributed by atoms with Gasteiger partial charge in [0.25, 0.3) is 0 Å². The second-order valence-electron chi connectivity index (χ2n) is 1.47. The summed E-state index contributed by atoms with van der Waals surface area (Å²) in [4.78, 5) is 54.7. The van der Waals surface area contributed by atoms with Crippen molar-refractivity contribution < 1.29 is 48.0 Å². The van der Waals surface area contributed by atoms with Crippen LogP contribution in [0, 0.1) is 0 Å². The summed E-state index contributed by atoms with van der Waals surface area (Å²) in [5, 5.41) is 21.5. The molecule has 0 aliphatic heterocycles. The van der Waals surface area contributed by atoms with E-state index in [1.165, 1.54) is 0 Å². The van der Waals surface area contributed by atoms with Crippen molar-refractivity contribution in [3.05, 3.63) is 0 Å². The van der Waals surface area contributed by atoms with Crippen molar-refractivity contribution in [3.8, 4) is 0 Å². The largest absolute Gasteiger partial charge is 3.00 e. The first-order valence-electron chi connectivity index (χ1n) is 2.43. The first kappa shape index (κ1) is 25.9. The van der Waals surface area contributed by atoms with Gasteiger partial charge >= 0.3 is 73.6 Å². The topological polar surface area (TPSA) is 205 Å². The van der Waals surface area contributed by atoms with E-state index >= 15 is 0 Å². The number of hydrogen-bond acceptors (Lipinski definition) is 10. The van der Waals surface area contributed by atoms with Crippen LogP contribution in [0.2, 0.25) is 0 Å². The molecular weight excluding hydrogens is 391 g/mol. The normalized spacial score (nSPS) is 10.2. The summed E-state index contributed by atoms with van der Waals surface area (Å²) < 4.78 is 2.68. The second kappa shape index (κ2) is 11.3. The zero-order chi connectivity index (χ0) is 11.3. The molecule has 10 nitrogen and oxygen atoms in total. The molecule has 0 aliphatic rings. The van der Waals surface area contributed by atoms with Gasteiger partial charge < -0.3 is 48.0 Å². The van der Waals surface area contributed by atoms with Crippen LogP contribution in [0.3, 0.4) is 0 Å². The fourth-order valence-corrected chi connectivity index (χ4v) is 1.42. The Kier molecular flexibility index (Phi) is 19.5. The maximum absolute atomic E-state index is 9.47. The summed E-state index contributed by atoms with van der Waals surface area (Å²) in [6.45, 7) is 0. The molecule has 0 radical (unpaired) electrons. The van der Waals surface area contributed by atoms with Crippen molar-refractivity contribution in [2.24, 2.45) is 0 Å². The van der Waals surface area contributed by atoms with E-state index in [9.17, 15) is 24.0 Å². The molecule has 0 rings (SSSR count). The molecule has 0 atom stereocenters. The SMILES string of the molecule is OB(O)O.[Al+3].[Ba+2].[O-][Si]([O-])([O-])O[Si]([O-])([O-])O. The summed E-state index contributed by atoms with van der Waals surface area (Å²) in [5.41, 5.74) is 0. The molecule has 80 valence electrons. The van der Waals surface area contributed by atoms with E-state index in [2.05, 4.69) is 4.12 Å². The van der Waals surface area contributed by atoms with Crippen molar-refractivity contribution in [1.82, 2.24) is 0 Å². The summed E-state index contributed by atoms with van der Waals surface area (Å²) in [6.07, 6.45) is 0.